The standard InChI is InChI=1S/C22H26Cl2N2O/c1-6-26-20-11-21(27-5)15(9-17(20)14(2)12-22(26,3)4)13-25-19-8-7-16(23)10-18(19)24/h7-11,13-14H,6,12H2,1-5H3. The van der Waals surface area contributed by atoms with Crippen molar-refractivity contribution in [3.8, 4) is 5.75 Å². The number of halogens is 2. The molecule has 0 spiro atoms. The smallest absolute Gasteiger partial charge is 0.129 e. The lowest BCUT2D eigenvalue weighted by molar-refractivity contribution is 0.377. The molecule has 3 rings (SSSR count). The topological polar surface area (TPSA) is 24.8 Å². The summed E-state index contributed by atoms with van der Waals surface area (Å²) in [7, 11) is 1.70. The van der Waals surface area contributed by atoms with E-state index in [-0.39, 0.29) is 5.54 Å². The Labute approximate surface area is 172 Å². The number of fused-ring (bicyclic) bond motifs is 1. The van der Waals surface area contributed by atoms with Gasteiger partial charge in [0.15, 0.2) is 0 Å². The molecule has 27 heavy (non-hydrogen) atoms. The molecule has 0 fully saturated rings. The molecule has 5 heteroatoms. The molecule has 0 amide bonds. The fourth-order valence-electron chi connectivity index (χ4n) is 4.13. The molecule has 0 N–H and O–H groups in total. The van der Waals surface area contributed by atoms with E-state index in [2.05, 4.69) is 49.7 Å². The van der Waals surface area contributed by atoms with Crippen LogP contribution in [-0.2, 0) is 0 Å². The fraction of sp³-hybridized carbons (Fsp3) is 0.409. The van der Waals surface area contributed by atoms with Gasteiger partial charge in [-0.3, -0.25) is 4.99 Å². The molecule has 0 aromatic heterocycles. The molecular weight excluding hydrogens is 379 g/mol. The van der Waals surface area contributed by atoms with Crippen molar-refractivity contribution in [2.24, 2.45) is 4.99 Å². The van der Waals surface area contributed by atoms with E-state index >= 15 is 0 Å². The molecule has 144 valence electrons. The molecule has 2 aromatic rings. The van der Waals surface area contributed by atoms with E-state index in [1.54, 1.807) is 19.2 Å². The number of hydrogen-bond donors (Lipinski definition) is 0. The first kappa shape index (κ1) is 20.0. The molecule has 0 radical (unpaired) electrons. The number of aliphatic imine (C=N–C) groups is 1. The zero-order chi connectivity index (χ0) is 19.8. The fourth-order valence-corrected chi connectivity index (χ4v) is 4.59. The van der Waals surface area contributed by atoms with Crippen molar-refractivity contribution < 1.29 is 4.74 Å². The van der Waals surface area contributed by atoms with Gasteiger partial charge in [-0.25, -0.2) is 0 Å². The predicted molar refractivity (Wildman–Crippen MR) is 117 cm³/mol. The molecule has 1 unspecified atom stereocenters. The third kappa shape index (κ3) is 3.95. The van der Waals surface area contributed by atoms with Gasteiger partial charge in [0, 0.05) is 40.6 Å². The summed E-state index contributed by atoms with van der Waals surface area (Å²) in [5, 5.41) is 1.13. The lowest BCUT2D eigenvalue weighted by Crippen LogP contribution is -2.48. The van der Waals surface area contributed by atoms with E-state index in [0.717, 1.165) is 24.3 Å². The van der Waals surface area contributed by atoms with Gasteiger partial charge in [0.2, 0.25) is 0 Å². The van der Waals surface area contributed by atoms with Crippen LogP contribution in [0.5, 0.6) is 5.75 Å². The first-order valence-corrected chi connectivity index (χ1v) is 10.0. The molecular formula is C22H26Cl2N2O. The van der Waals surface area contributed by atoms with Crippen molar-refractivity contribution in [1.82, 2.24) is 0 Å². The number of nitrogens with zero attached hydrogens (tertiary/aromatic N) is 2. The van der Waals surface area contributed by atoms with Gasteiger partial charge in [0.25, 0.3) is 0 Å². The van der Waals surface area contributed by atoms with Crippen LogP contribution in [0.1, 0.15) is 51.2 Å². The van der Waals surface area contributed by atoms with Crippen molar-refractivity contribution in [3.63, 3.8) is 0 Å². The Morgan fingerprint density at radius 1 is 1.26 bits per heavy atom. The number of ether oxygens (including phenoxy) is 1. The highest BCUT2D eigenvalue weighted by molar-refractivity contribution is 6.36. The molecule has 1 aliphatic rings. The molecule has 0 bridgehead atoms. The average molecular weight is 405 g/mol. The van der Waals surface area contributed by atoms with Crippen molar-refractivity contribution in [2.45, 2.75) is 45.6 Å². The van der Waals surface area contributed by atoms with E-state index in [0.29, 0.717) is 21.7 Å². The maximum absolute atomic E-state index is 6.24. The highest BCUT2D eigenvalue weighted by Crippen LogP contribution is 2.45. The van der Waals surface area contributed by atoms with Crippen LogP contribution in [0.2, 0.25) is 10.0 Å². The molecule has 0 saturated heterocycles. The van der Waals surface area contributed by atoms with Crippen LogP contribution in [0.15, 0.2) is 35.3 Å². The summed E-state index contributed by atoms with van der Waals surface area (Å²) in [6, 6.07) is 9.64. The largest absolute Gasteiger partial charge is 0.496 e. The van der Waals surface area contributed by atoms with E-state index in [1.165, 1.54) is 11.3 Å². The Morgan fingerprint density at radius 2 is 2.00 bits per heavy atom. The Morgan fingerprint density at radius 3 is 2.63 bits per heavy atom. The van der Waals surface area contributed by atoms with E-state index < -0.39 is 0 Å². The number of methoxy groups -OCH3 is 1. The number of hydrogen-bond acceptors (Lipinski definition) is 3. The summed E-state index contributed by atoms with van der Waals surface area (Å²) < 4.78 is 5.67. The van der Waals surface area contributed by atoms with Crippen LogP contribution in [-0.4, -0.2) is 25.4 Å². The van der Waals surface area contributed by atoms with Gasteiger partial charge < -0.3 is 9.64 Å². The number of anilines is 1. The van der Waals surface area contributed by atoms with Crippen molar-refractivity contribution >= 4 is 40.8 Å². The summed E-state index contributed by atoms with van der Waals surface area (Å²) in [5.41, 5.74) is 4.34. The summed E-state index contributed by atoms with van der Waals surface area (Å²) in [6.07, 6.45) is 2.93. The van der Waals surface area contributed by atoms with Crippen LogP contribution in [0, 0.1) is 0 Å². The minimum atomic E-state index is 0.124. The van der Waals surface area contributed by atoms with Gasteiger partial charge in [-0.1, -0.05) is 30.1 Å². The van der Waals surface area contributed by atoms with Crippen LogP contribution in [0.4, 0.5) is 11.4 Å². The number of benzene rings is 2. The zero-order valence-corrected chi connectivity index (χ0v) is 18.0. The third-order valence-corrected chi connectivity index (χ3v) is 5.84. The minimum Gasteiger partial charge on any atom is -0.496 e. The lowest BCUT2D eigenvalue weighted by Gasteiger charge is -2.47. The van der Waals surface area contributed by atoms with Gasteiger partial charge in [0.1, 0.15) is 5.75 Å². The average Bonchev–Trinajstić information content (AvgIpc) is 2.60. The minimum absolute atomic E-state index is 0.124. The molecule has 0 saturated carbocycles. The summed E-state index contributed by atoms with van der Waals surface area (Å²) >= 11 is 12.2. The SMILES string of the molecule is CCN1c2cc(OC)c(C=Nc3ccc(Cl)cc3Cl)cc2C(C)CC1(C)C. The molecule has 3 nitrogen and oxygen atoms in total. The maximum Gasteiger partial charge on any atom is 0.129 e. The van der Waals surface area contributed by atoms with E-state index in [1.807, 2.05) is 12.3 Å². The molecule has 1 aliphatic heterocycles. The van der Waals surface area contributed by atoms with Crippen LogP contribution >= 0.6 is 23.2 Å². The Balaban J connectivity index is 2.05. The zero-order valence-electron chi connectivity index (χ0n) is 16.5. The molecule has 1 heterocycles. The summed E-state index contributed by atoms with van der Waals surface area (Å²) in [6.45, 7) is 10.1. The Kier molecular flexibility index (Phi) is 5.73. The van der Waals surface area contributed by atoms with Crippen LogP contribution in [0.3, 0.4) is 0 Å². The normalized spacial score (nSPS) is 18.6. The van der Waals surface area contributed by atoms with Gasteiger partial charge >= 0.3 is 0 Å². The Bertz CT molecular complexity index is 877. The molecule has 1 atom stereocenters. The molecule has 2 aromatic carbocycles. The van der Waals surface area contributed by atoms with E-state index in [9.17, 15) is 0 Å². The second-order valence-corrected chi connectivity index (χ2v) is 8.51. The van der Waals surface area contributed by atoms with E-state index in [4.69, 9.17) is 27.9 Å². The third-order valence-electron chi connectivity index (χ3n) is 5.31. The van der Waals surface area contributed by atoms with Crippen molar-refractivity contribution in [2.75, 3.05) is 18.6 Å². The second-order valence-electron chi connectivity index (χ2n) is 7.67. The second kappa shape index (κ2) is 7.73. The lowest BCUT2D eigenvalue weighted by atomic mass is 9.79. The van der Waals surface area contributed by atoms with Gasteiger partial charge in [0.05, 0.1) is 17.8 Å². The predicted octanol–water partition coefficient (Wildman–Crippen LogP) is 6.86. The highest BCUT2D eigenvalue weighted by Gasteiger charge is 2.36. The maximum atomic E-state index is 6.24. The molecule has 0 aliphatic carbocycles. The quantitative estimate of drug-likeness (QED) is 0.519. The summed E-state index contributed by atoms with van der Waals surface area (Å²) in [4.78, 5) is 7.02. The van der Waals surface area contributed by atoms with Crippen molar-refractivity contribution in [1.29, 1.82) is 0 Å². The first-order chi connectivity index (χ1) is 12.8. The van der Waals surface area contributed by atoms with Crippen molar-refractivity contribution in [3.05, 3.63) is 51.5 Å². The Hall–Kier alpha value is -1.71. The van der Waals surface area contributed by atoms with Gasteiger partial charge in [-0.2, -0.15) is 0 Å². The van der Waals surface area contributed by atoms with Gasteiger partial charge in [-0.05, 0) is 62.9 Å². The summed E-state index contributed by atoms with van der Waals surface area (Å²) in [5.74, 6) is 1.28. The number of rotatable bonds is 4. The van der Waals surface area contributed by atoms with Gasteiger partial charge in [-0.15, -0.1) is 0 Å². The van der Waals surface area contributed by atoms with Crippen LogP contribution in [0.25, 0.3) is 0 Å². The van der Waals surface area contributed by atoms with Crippen LogP contribution < -0.4 is 9.64 Å². The monoisotopic (exact) mass is 404 g/mol. The first-order valence-electron chi connectivity index (χ1n) is 9.25. The highest BCUT2D eigenvalue weighted by atomic mass is 35.5.